The van der Waals surface area contributed by atoms with Crippen LogP contribution in [0.2, 0.25) is 18.1 Å². The summed E-state index contributed by atoms with van der Waals surface area (Å²) in [6.07, 6.45) is 0.0475. The van der Waals surface area contributed by atoms with Gasteiger partial charge >= 0.3 is 0 Å². The lowest BCUT2D eigenvalue weighted by atomic mass is 9.89. The standard InChI is InChI=1S/C12H26O3Si/c1-11(2,3)16(6,7)15-8-10(14)12(4,5)9-13/h9-10,14H,8H2,1-7H3/t10-/m0/s1. The Morgan fingerprint density at radius 2 is 1.69 bits per heavy atom. The molecule has 0 aromatic heterocycles. The quantitative estimate of drug-likeness (QED) is 0.599. The van der Waals surface area contributed by atoms with Crippen LogP contribution < -0.4 is 0 Å². The van der Waals surface area contributed by atoms with Gasteiger partial charge in [-0.15, -0.1) is 0 Å². The van der Waals surface area contributed by atoms with Gasteiger partial charge < -0.3 is 14.3 Å². The van der Waals surface area contributed by atoms with Gasteiger partial charge in [0.25, 0.3) is 0 Å². The van der Waals surface area contributed by atoms with Crippen molar-refractivity contribution in [1.29, 1.82) is 0 Å². The molecule has 0 aromatic carbocycles. The molecule has 0 aromatic rings. The Morgan fingerprint density at radius 1 is 1.25 bits per heavy atom. The zero-order chi connectivity index (χ0) is 13.2. The van der Waals surface area contributed by atoms with Crippen molar-refractivity contribution in [3.05, 3.63) is 0 Å². The lowest BCUT2D eigenvalue weighted by Crippen LogP contribution is -2.45. The predicted octanol–water partition coefficient (Wildman–Crippen LogP) is 2.59. The van der Waals surface area contributed by atoms with Crippen LogP contribution in [0.15, 0.2) is 0 Å². The lowest BCUT2D eigenvalue weighted by molar-refractivity contribution is -0.121. The van der Waals surface area contributed by atoms with Gasteiger partial charge in [0.2, 0.25) is 0 Å². The van der Waals surface area contributed by atoms with Crippen molar-refractivity contribution in [2.24, 2.45) is 5.41 Å². The Morgan fingerprint density at radius 3 is 2.00 bits per heavy atom. The first-order valence-corrected chi connectivity index (χ1v) is 8.63. The third kappa shape index (κ3) is 4.00. The van der Waals surface area contributed by atoms with Crippen molar-refractivity contribution in [3.63, 3.8) is 0 Å². The Balaban J connectivity index is 4.42. The molecule has 1 N–H and O–H groups in total. The molecule has 0 unspecified atom stereocenters. The number of aldehydes is 1. The minimum Gasteiger partial charge on any atom is -0.414 e. The van der Waals surface area contributed by atoms with Crippen LogP contribution in [0, 0.1) is 5.41 Å². The number of hydrogen-bond acceptors (Lipinski definition) is 3. The summed E-state index contributed by atoms with van der Waals surface area (Å²) < 4.78 is 5.87. The van der Waals surface area contributed by atoms with E-state index in [2.05, 4.69) is 33.9 Å². The molecular weight excluding hydrogens is 220 g/mol. The van der Waals surface area contributed by atoms with Gasteiger partial charge in [0.15, 0.2) is 8.32 Å². The van der Waals surface area contributed by atoms with Crippen LogP contribution in [-0.2, 0) is 9.22 Å². The van der Waals surface area contributed by atoms with Crippen molar-refractivity contribution in [3.8, 4) is 0 Å². The number of aliphatic hydroxyl groups excluding tert-OH is 1. The highest BCUT2D eigenvalue weighted by Crippen LogP contribution is 2.37. The molecular formula is C12H26O3Si. The summed E-state index contributed by atoms with van der Waals surface area (Å²) in [5.74, 6) is 0. The van der Waals surface area contributed by atoms with Gasteiger partial charge in [-0.3, -0.25) is 0 Å². The molecule has 0 rings (SSSR count). The van der Waals surface area contributed by atoms with E-state index in [1.54, 1.807) is 13.8 Å². The van der Waals surface area contributed by atoms with Gasteiger partial charge in [0.05, 0.1) is 12.7 Å². The van der Waals surface area contributed by atoms with Crippen LogP contribution in [0.25, 0.3) is 0 Å². The summed E-state index contributed by atoms with van der Waals surface area (Å²) in [4.78, 5) is 10.8. The van der Waals surface area contributed by atoms with Crippen LogP contribution in [0.1, 0.15) is 34.6 Å². The number of carbonyl (C=O) groups is 1. The van der Waals surface area contributed by atoms with Crippen molar-refractivity contribution < 1.29 is 14.3 Å². The molecule has 1 atom stereocenters. The van der Waals surface area contributed by atoms with Gasteiger partial charge in [0.1, 0.15) is 6.29 Å². The fourth-order valence-corrected chi connectivity index (χ4v) is 1.80. The van der Waals surface area contributed by atoms with Crippen LogP contribution in [-0.4, -0.2) is 32.4 Å². The highest BCUT2D eigenvalue weighted by molar-refractivity contribution is 6.74. The van der Waals surface area contributed by atoms with Gasteiger partial charge in [-0.05, 0) is 18.1 Å². The topological polar surface area (TPSA) is 46.5 Å². The number of carbonyl (C=O) groups excluding carboxylic acids is 1. The maximum absolute atomic E-state index is 10.8. The molecule has 4 heteroatoms. The summed E-state index contributed by atoms with van der Waals surface area (Å²) in [5.41, 5.74) is -0.734. The number of rotatable bonds is 5. The van der Waals surface area contributed by atoms with E-state index in [0.29, 0.717) is 0 Å². The van der Waals surface area contributed by atoms with Gasteiger partial charge in [-0.2, -0.15) is 0 Å². The largest absolute Gasteiger partial charge is 0.414 e. The zero-order valence-electron chi connectivity index (χ0n) is 11.6. The van der Waals surface area contributed by atoms with E-state index in [1.807, 2.05) is 0 Å². The maximum atomic E-state index is 10.8. The Bertz CT molecular complexity index is 241. The second kappa shape index (κ2) is 4.98. The first-order chi connectivity index (χ1) is 6.94. The van der Waals surface area contributed by atoms with E-state index in [1.165, 1.54) is 0 Å². The molecule has 0 radical (unpaired) electrons. The van der Waals surface area contributed by atoms with Crippen molar-refractivity contribution >= 4 is 14.6 Å². The monoisotopic (exact) mass is 246 g/mol. The lowest BCUT2D eigenvalue weighted by Gasteiger charge is -2.38. The molecule has 0 saturated carbocycles. The van der Waals surface area contributed by atoms with Crippen LogP contribution in [0.5, 0.6) is 0 Å². The van der Waals surface area contributed by atoms with Crippen LogP contribution in [0.3, 0.4) is 0 Å². The Kier molecular flexibility index (Phi) is 4.92. The minimum atomic E-state index is -1.84. The maximum Gasteiger partial charge on any atom is 0.192 e. The van der Waals surface area contributed by atoms with E-state index in [9.17, 15) is 9.90 Å². The number of hydrogen-bond donors (Lipinski definition) is 1. The highest BCUT2D eigenvalue weighted by atomic mass is 28.4. The smallest absolute Gasteiger partial charge is 0.192 e. The zero-order valence-corrected chi connectivity index (χ0v) is 12.6. The summed E-state index contributed by atoms with van der Waals surface area (Å²) in [5, 5.41) is 10.00. The first kappa shape index (κ1) is 15.8. The van der Waals surface area contributed by atoms with Crippen LogP contribution >= 0.6 is 0 Å². The molecule has 0 amide bonds. The van der Waals surface area contributed by atoms with E-state index in [0.717, 1.165) is 6.29 Å². The normalized spacial score (nSPS) is 16.0. The number of aliphatic hydroxyl groups is 1. The fraction of sp³-hybridized carbons (Fsp3) is 0.917. The molecule has 0 aliphatic heterocycles. The predicted molar refractivity (Wildman–Crippen MR) is 69.0 cm³/mol. The highest BCUT2D eigenvalue weighted by Gasteiger charge is 2.39. The molecule has 0 heterocycles. The van der Waals surface area contributed by atoms with Crippen molar-refractivity contribution in [2.45, 2.75) is 58.9 Å². The van der Waals surface area contributed by atoms with E-state index >= 15 is 0 Å². The summed E-state index contributed by atoms with van der Waals surface area (Å²) in [6, 6.07) is 0. The molecule has 0 bridgehead atoms. The molecule has 0 fully saturated rings. The molecule has 16 heavy (non-hydrogen) atoms. The second-order valence-electron chi connectivity index (χ2n) is 6.53. The third-order valence-electron chi connectivity index (χ3n) is 3.57. The van der Waals surface area contributed by atoms with Gasteiger partial charge in [-0.25, -0.2) is 0 Å². The SMILES string of the molecule is CC(C)(C=O)[C@@H](O)CO[Si](C)(C)C(C)(C)C. The molecule has 0 spiro atoms. The molecule has 0 aliphatic rings. The van der Waals surface area contributed by atoms with Gasteiger partial charge in [-0.1, -0.05) is 34.6 Å². The molecule has 96 valence electrons. The van der Waals surface area contributed by atoms with E-state index in [4.69, 9.17) is 4.43 Å². The molecule has 0 aliphatic carbocycles. The summed E-state index contributed by atoms with van der Waals surface area (Å²) in [7, 11) is -1.84. The van der Waals surface area contributed by atoms with Crippen molar-refractivity contribution in [2.75, 3.05) is 6.61 Å². The first-order valence-electron chi connectivity index (χ1n) is 5.72. The Labute approximate surface area is 100 Å². The average molecular weight is 246 g/mol. The second-order valence-corrected chi connectivity index (χ2v) is 11.3. The molecule has 3 nitrogen and oxygen atoms in total. The molecule has 0 saturated heterocycles. The minimum absolute atomic E-state index is 0.123. The van der Waals surface area contributed by atoms with Crippen molar-refractivity contribution in [1.82, 2.24) is 0 Å². The average Bonchev–Trinajstić information content (AvgIpc) is 2.12. The summed E-state index contributed by atoms with van der Waals surface area (Å²) >= 11 is 0. The Hall–Kier alpha value is -0.193. The van der Waals surface area contributed by atoms with E-state index < -0.39 is 19.8 Å². The van der Waals surface area contributed by atoms with Crippen LogP contribution in [0.4, 0.5) is 0 Å². The third-order valence-corrected chi connectivity index (χ3v) is 8.07. The van der Waals surface area contributed by atoms with E-state index in [-0.39, 0.29) is 11.6 Å². The summed E-state index contributed by atoms with van der Waals surface area (Å²) in [6.45, 7) is 14.4. The fourth-order valence-electron chi connectivity index (χ4n) is 0.797. The van der Waals surface area contributed by atoms with Gasteiger partial charge in [0, 0.05) is 5.41 Å².